The van der Waals surface area contributed by atoms with E-state index >= 15 is 0 Å². The molecule has 1 aliphatic rings. The highest BCUT2D eigenvalue weighted by molar-refractivity contribution is 7.92. The Morgan fingerprint density at radius 1 is 1.13 bits per heavy atom. The Hall–Kier alpha value is -2.24. The summed E-state index contributed by atoms with van der Waals surface area (Å²) in [6, 6.07) is 8.24. The van der Waals surface area contributed by atoms with E-state index in [0.29, 0.717) is 24.6 Å². The number of sulfonamides is 2. The number of hydrogen-bond acceptors (Lipinski definition) is 6. The Kier molecular flexibility index (Phi) is 6.34. The maximum Gasteiger partial charge on any atom is 0.265 e. The lowest BCUT2D eigenvalue weighted by atomic mass is 10.2. The van der Waals surface area contributed by atoms with Gasteiger partial charge >= 0.3 is 0 Å². The number of aromatic nitrogens is 1. The van der Waals surface area contributed by atoms with Crippen molar-refractivity contribution in [1.29, 1.82) is 0 Å². The molecule has 1 N–H and O–H groups in total. The fourth-order valence-corrected chi connectivity index (χ4v) is 5.51. The number of benzene rings is 1. The van der Waals surface area contributed by atoms with Crippen molar-refractivity contribution in [3.63, 3.8) is 0 Å². The van der Waals surface area contributed by atoms with Crippen LogP contribution in [0.4, 0.5) is 15.9 Å². The average molecular weight is 457 g/mol. The van der Waals surface area contributed by atoms with Crippen LogP contribution in [0, 0.1) is 11.7 Å². The molecule has 2 aromatic rings. The molecule has 1 aliphatic heterocycles. The largest absolute Gasteiger partial charge is 0.365 e. The smallest absolute Gasteiger partial charge is 0.265 e. The third kappa shape index (κ3) is 5.08. The van der Waals surface area contributed by atoms with Crippen LogP contribution in [0.3, 0.4) is 0 Å². The zero-order valence-corrected chi connectivity index (χ0v) is 18.6. The van der Waals surface area contributed by atoms with E-state index < -0.39 is 25.9 Å². The fraction of sp³-hybridized carbons (Fsp3) is 0.421. The lowest BCUT2D eigenvalue weighted by Gasteiger charge is -2.37. The Bertz CT molecular complexity index is 1080. The van der Waals surface area contributed by atoms with Crippen molar-refractivity contribution in [2.45, 2.75) is 24.8 Å². The van der Waals surface area contributed by atoms with Crippen LogP contribution in [0.1, 0.15) is 13.8 Å². The zero-order chi connectivity index (χ0) is 22.1. The van der Waals surface area contributed by atoms with Gasteiger partial charge in [-0.2, -0.15) is 4.31 Å². The van der Waals surface area contributed by atoms with E-state index in [2.05, 4.69) is 10.3 Å². The monoisotopic (exact) mass is 456 g/mol. The van der Waals surface area contributed by atoms with Gasteiger partial charge in [0.15, 0.2) is 0 Å². The standard InChI is InChI=1S/C19H25FN4O4S2/c1-14(2)11-24(17-6-4-15(20)5-7-17)30(27,28)18-8-9-19(21-10-18)22-16-12-23(13-16)29(3,25)26/h4-10,14,16H,11-13H2,1-3H3,(H,21,22). The van der Waals surface area contributed by atoms with Crippen LogP contribution in [0.2, 0.25) is 0 Å². The predicted octanol–water partition coefficient (Wildman–Crippen LogP) is 2.13. The third-order valence-electron chi connectivity index (χ3n) is 4.64. The minimum absolute atomic E-state index is 0.0180. The van der Waals surface area contributed by atoms with E-state index in [1.807, 2.05) is 13.8 Å². The molecule has 1 saturated heterocycles. The fourth-order valence-electron chi connectivity index (χ4n) is 3.04. The van der Waals surface area contributed by atoms with Gasteiger partial charge in [0, 0.05) is 25.8 Å². The number of rotatable bonds is 8. The molecule has 2 heterocycles. The quantitative estimate of drug-likeness (QED) is 0.653. The Morgan fingerprint density at radius 3 is 2.27 bits per heavy atom. The van der Waals surface area contributed by atoms with Gasteiger partial charge in [0.25, 0.3) is 10.0 Å². The first-order valence-corrected chi connectivity index (χ1v) is 12.7. The molecule has 1 aromatic carbocycles. The van der Waals surface area contributed by atoms with E-state index in [0.717, 1.165) is 6.26 Å². The minimum atomic E-state index is -3.89. The van der Waals surface area contributed by atoms with Crippen molar-refractivity contribution in [2.75, 3.05) is 35.5 Å². The molecular weight excluding hydrogens is 431 g/mol. The summed E-state index contributed by atoms with van der Waals surface area (Å²) in [5.74, 6) is 0.0719. The number of nitrogens with zero attached hydrogens (tertiary/aromatic N) is 3. The molecule has 0 bridgehead atoms. The molecule has 0 atom stereocenters. The molecule has 1 fully saturated rings. The highest BCUT2D eigenvalue weighted by atomic mass is 32.2. The molecular formula is C19H25FN4O4S2. The molecule has 0 spiro atoms. The van der Waals surface area contributed by atoms with Gasteiger partial charge in [-0.05, 0) is 42.3 Å². The normalized spacial score (nSPS) is 15.8. The SMILES string of the molecule is CC(C)CN(c1ccc(F)cc1)S(=O)(=O)c1ccc(NC2CN(S(C)(=O)=O)C2)nc1. The molecule has 1 aromatic heterocycles. The maximum atomic E-state index is 13.3. The lowest BCUT2D eigenvalue weighted by molar-refractivity contribution is 0.282. The number of halogens is 1. The first-order valence-electron chi connectivity index (χ1n) is 9.43. The number of anilines is 2. The van der Waals surface area contributed by atoms with E-state index in [-0.39, 0.29) is 23.4 Å². The highest BCUT2D eigenvalue weighted by Gasteiger charge is 2.33. The molecule has 0 aliphatic carbocycles. The first-order chi connectivity index (χ1) is 14.0. The molecule has 0 saturated carbocycles. The lowest BCUT2D eigenvalue weighted by Crippen LogP contribution is -2.56. The molecule has 3 rings (SSSR count). The molecule has 30 heavy (non-hydrogen) atoms. The molecule has 0 radical (unpaired) electrons. The van der Waals surface area contributed by atoms with Crippen LogP contribution in [0.15, 0.2) is 47.5 Å². The van der Waals surface area contributed by atoms with Crippen LogP contribution in [0.5, 0.6) is 0 Å². The van der Waals surface area contributed by atoms with Gasteiger partial charge in [-0.1, -0.05) is 13.8 Å². The number of nitrogens with one attached hydrogen (secondary N) is 1. The maximum absolute atomic E-state index is 13.3. The third-order valence-corrected chi connectivity index (χ3v) is 7.65. The van der Waals surface area contributed by atoms with Gasteiger partial charge in [-0.3, -0.25) is 4.31 Å². The highest BCUT2D eigenvalue weighted by Crippen LogP contribution is 2.26. The summed E-state index contributed by atoms with van der Waals surface area (Å²) in [7, 11) is -7.10. The van der Waals surface area contributed by atoms with Crippen molar-refractivity contribution in [3.05, 3.63) is 48.4 Å². The summed E-state index contributed by atoms with van der Waals surface area (Å²) in [5.41, 5.74) is 0.377. The van der Waals surface area contributed by atoms with Crippen LogP contribution in [-0.4, -0.2) is 58.1 Å². The van der Waals surface area contributed by atoms with Crippen LogP contribution in [-0.2, 0) is 20.0 Å². The van der Waals surface area contributed by atoms with Crippen molar-refractivity contribution < 1.29 is 21.2 Å². The summed E-state index contributed by atoms with van der Waals surface area (Å²) < 4.78 is 65.2. The van der Waals surface area contributed by atoms with Gasteiger partial charge in [-0.15, -0.1) is 0 Å². The van der Waals surface area contributed by atoms with Gasteiger partial charge in [-0.25, -0.2) is 26.2 Å². The summed E-state index contributed by atoms with van der Waals surface area (Å²) in [6.07, 6.45) is 2.42. The Balaban J connectivity index is 1.76. The second-order valence-electron chi connectivity index (χ2n) is 7.71. The average Bonchev–Trinajstić information content (AvgIpc) is 2.62. The van der Waals surface area contributed by atoms with Crippen molar-refractivity contribution in [3.8, 4) is 0 Å². The summed E-state index contributed by atoms with van der Waals surface area (Å²) in [5, 5.41) is 3.09. The molecule has 11 heteroatoms. The second kappa shape index (κ2) is 8.48. The van der Waals surface area contributed by atoms with Crippen molar-refractivity contribution in [1.82, 2.24) is 9.29 Å². The Morgan fingerprint density at radius 2 is 1.77 bits per heavy atom. The van der Waals surface area contributed by atoms with E-state index in [9.17, 15) is 21.2 Å². The topological polar surface area (TPSA) is 99.7 Å². The zero-order valence-electron chi connectivity index (χ0n) is 17.0. The molecule has 0 amide bonds. The van der Waals surface area contributed by atoms with E-state index in [4.69, 9.17) is 0 Å². The molecule has 0 unspecified atom stereocenters. The predicted molar refractivity (Wildman–Crippen MR) is 114 cm³/mol. The van der Waals surface area contributed by atoms with Crippen molar-refractivity contribution >= 4 is 31.6 Å². The molecule has 8 nitrogen and oxygen atoms in total. The second-order valence-corrected chi connectivity index (χ2v) is 11.6. The van der Waals surface area contributed by atoms with Crippen LogP contribution < -0.4 is 9.62 Å². The van der Waals surface area contributed by atoms with E-state index in [1.165, 1.54) is 45.1 Å². The molecule has 164 valence electrons. The Labute approximate surface area is 176 Å². The van der Waals surface area contributed by atoms with Crippen LogP contribution >= 0.6 is 0 Å². The number of hydrogen-bond donors (Lipinski definition) is 1. The summed E-state index contributed by atoms with van der Waals surface area (Å²) in [4.78, 5) is 4.20. The van der Waals surface area contributed by atoms with Gasteiger partial charge < -0.3 is 5.32 Å². The first kappa shape index (κ1) is 22.4. The van der Waals surface area contributed by atoms with Crippen molar-refractivity contribution in [2.24, 2.45) is 5.92 Å². The summed E-state index contributed by atoms with van der Waals surface area (Å²) in [6.45, 7) is 4.71. The summed E-state index contributed by atoms with van der Waals surface area (Å²) >= 11 is 0. The van der Waals surface area contributed by atoms with Gasteiger partial charge in [0.2, 0.25) is 10.0 Å². The van der Waals surface area contributed by atoms with Gasteiger partial charge in [0.1, 0.15) is 16.5 Å². The van der Waals surface area contributed by atoms with Gasteiger partial charge in [0.05, 0.1) is 18.0 Å². The van der Waals surface area contributed by atoms with E-state index in [1.54, 1.807) is 6.07 Å². The van der Waals surface area contributed by atoms with Crippen LogP contribution in [0.25, 0.3) is 0 Å². The minimum Gasteiger partial charge on any atom is -0.365 e. The number of pyridine rings is 1.